The number of nitro groups is 2. The quantitative estimate of drug-likeness (QED) is 0.521. The second-order valence-electron chi connectivity index (χ2n) is 3.88. The molecule has 0 aliphatic rings. The third-order valence-electron chi connectivity index (χ3n) is 2.51. The minimum Gasteiger partial charge on any atom is -0.506 e. The molecule has 1 N–H and O–H groups in total. The van der Waals surface area contributed by atoms with Gasteiger partial charge in [0.05, 0.1) is 15.9 Å². The molecule has 0 fully saturated rings. The minimum absolute atomic E-state index is 0.130. The molecule has 106 valence electrons. The molecule has 9 nitrogen and oxygen atoms in total. The number of non-ortho nitro benzene ring substituents is 1. The minimum atomic E-state index is -0.786. The maximum Gasteiger partial charge on any atom is 0.303 e. The maximum absolute atomic E-state index is 10.9. The van der Waals surface area contributed by atoms with E-state index in [1.165, 1.54) is 12.1 Å². The van der Waals surface area contributed by atoms with Crippen LogP contribution in [0.2, 0.25) is 0 Å². The summed E-state index contributed by atoms with van der Waals surface area (Å²) in [6.45, 7) is 0. The molecule has 0 spiro atoms. The standard InChI is InChI=1S/C12H8N4O5/c17-12-4-2-1-3-10(12)14-13-9-6-5-8(15(18)19)7-11(9)16(20)21/h1-7,17H. The Balaban J connectivity index is 2.42. The van der Waals surface area contributed by atoms with Gasteiger partial charge in [0.15, 0.2) is 5.69 Å². The second kappa shape index (κ2) is 5.74. The van der Waals surface area contributed by atoms with E-state index in [1.54, 1.807) is 12.1 Å². The zero-order valence-corrected chi connectivity index (χ0v) is 10.4. The van der Waals surface area contributed by atoms with Crippen molar-refractivity contribution in [3.63, 3.8) is 0 Å². The molecule has 2 aromatic rings. The molecule has 0 aromatic heterocycles. The molecule has 0 saturated heterocycles. The summed E-state index contributed by atoms with van der Waals surface area (Å²) >= 11 is 0. The molecular formula is C12H8N4O5. The lowest BCUT2D eigenvalue weighted by atomic mass is 10.2. The van der Waals surface area contributed by atoms with Crippen LogP contribution in [0.25, 0.3) is 0 Å². The SMILES string of the molecule is O=[N+]([O-])c1ccc(N=Nc2ccccc2O)c([N+](=O)[O-])c1. The fourth-order valence-corrected chi connectivity index (χ4v) is 1.51. The highest BCUT2D eigenvalue weighted by molar-refractivity contribution is 5.62. The van der Waals surface area contributed by atoms with Gasteiger partial charge in [0.1, 0.15) is 11.4 Å². The third kappa shape index (κ3) is 3.15. The van der Waals surface area contributed by atoms with Crippen molar-refractivity contribution >= 4 is 22.7 Å². The predicted octanol–water partition coefficient (Wildman–Crippen LogP) is 3.62. The van der Waals surface area contributed by atoms with Gasteiger partial charge in [-0.1, -0.05) is 12.1 Å². The first-order valence-corrected chi connectivity index (χ1v) is 5.61. The van der Waals surface area contributed by atoms with Gasteiger partial charge < -0.3 is 5.11 Å². The molecule has 0 atom stereocenters. The van der Waals surface area contributed by atoms with Gasteiger partial charge in [0.2, 0.25) is 0 Å². The number of phenols is 1. The van der Waals surface area contributed by atoms with Crippen LogP contribution in [-0.2, 0) is 0 Å². The summed E-state index contributed by atoms with van der Waals surface area (Å²) in [7, 11) is 0. The highest BCUT2D eigenvalue weighted by Crippen LogP contribution is 2.33. The Labute approximate surface area is 117 Å². The van der Waals surface area contributed by atoms with Crippen LogP contribution in [0.15, 0.2) is 52.7 Å². The van der Waals surface area contributed by atoms with Crippen LogP contribution in [0, 0.1) is 20.2 Å². The molecule has 0 amide bonds. The van der Waals surface area contributed by atoms with Crippen molar-refractivity contribution in [3.8, 4) is 5.75 Å². The number of phenolic OH excluding ortho intramolecular Hbond substituents is 1. The van der Waals surface area contributed by atoms with E-state index in [0.717, 1.165) is 18.2 Å². The number of nitro benzene ring substituents is 2. The molecule has 9 heteroatoms. The number of hydrogen-bond donors (Lipinski definition) is 1. The van der Waals surface area contributed by atoms with Crippen molar-refractivity contribution in [2.24, 2.45) is 10.2 Å². The van der Waals surface area contributed by atoms with Crippen molar-refractivity contribution in [2.45, 2.75) is 0 Å². The Morgan fingerprint density at radius 1 is 0.905 bits per heavy atom. The summed E-state index contributed by atoms with van der Waals surface area (Å²) < 4.78 is 0. The van der Waals surface area contributed by atoms with E-state index in [9.17, 15) is 25.3 Å². The predicted molar refractivity (Wildman–Crippen MR) is 72.0 cm³/mol. The van der Waals surface area contributed by atoms with E-state index in [1.807, 2.05) is 0 Å². The highest BCUT2D eigenvalue weighted by atomic mass is 16.6. The summed E-state index contributed by atoms with van der Waals surface area (Å²) in [5.74, 6) is -0.134. The van der Waals surface area contributed by atoms with Gasteiger partial charge in [-0.05, 0) is 18.2 Å². The van der Waals surface area contributed by atoms with Crippen LogP contribution in [0.1, 0.15) is 0 Å². The number of benzene rings is 2. The second-order valence-corrected chi connectivity index (χ2v) is 3.88. The first-order valence-electron chi connectivity index (χ1n) is 5.61. The smallest absolute Gasteiger partial charge is 0.303 e. The zero-order valence-electron chi connectivity index (χ0n) is 10.4. The molecule has 0 heterocycles. The molecule has 0 radical (unpaired) electrons. The van der Waals surface area contributed by atoms with Gasteiger partial charge in [-0.25, -0.2) is 0 Å². The zero-order chi connectivity index (χ0) is 15.4. The first kappa shape index (κ1) is 14.1. The first-order chi connectivity index (χ1) is 9.99. The van der Waals surface area contributed by atoms with Gasteiger partial charge in [0, 0.05) is 6.07 Å². The Bertz CT molecular complexity index is 744. The molecule has 0 aliphatic heterocycles. The number of nitrogens with zero attached hydrogens (tertiary/aromatic N) is 4. The molecule has 2 rings (SSSR count). The van der Waals surface area contributed by atoms with Crippen LogP contribution >= 0.6 is 0 Å². The molecule has 0 saturated carbocycles. The summed E-state index contributed by atoms with van der Waals surface area (Å²) in [5, 5.41) is 38.4. The van der Waals surface area contributed by atoms with E-state index in [4.69, 9.17) is 0 Å². The number of aromatic hydroxyl groups is 1. The van der Waals surface area contributed by atoms with E-state index >= 15 is 0 Å². The lowest BCUT2D eigenvalue weighted by Gasteiger charge is -1.98. The summed E-state index contributed by atoms with van der Waals surface area (Å²) in [5.41, 5.74) is -0.967. The topological polar surface area (TPSA) is 131 Å². The van der Waals surface area contributed by atoms with Gasteiger partial charge in [0.25, 0.3) is 5.69 Å². The summed E-state index contributed by atoms with van der Waals surface area (Å²) in [4.78, 5) is 20.0. The van der Waals surface area contributed by atoms with Crippen LogP contribution in [-0.4, -0.2) is 15.0 Å². The van der Waals surface area contributed by atoms with Gasteiger partial charge in [-0.15, -0.1) is 10.2 Å². The van der Waals surface area contributed by atoms with Crippen molar-refractivity contribution < 1.29 is 15.0 Å². The van der Waals surface area contributed by atoms with Crippen molar-refractivity contribution in [3.05, 3.63) is 62.7 Å². The maximum atomic E-state index is 10.9. The third-order valence-corrected chi connectivity index (χ3v) is 2.51. The van der Waals surface area contributed by atoms with Gasteiger partial charge in [-0.2, -0.15) is 0 Å². The largest absolute Gasteiger partial charge is 0.506 e. The van der Waals surface area contributed by atoms with Crippen molar-refractivity contribution in [2.75, 3.05) is 0 Å². The van der Waals surface area contributed by atoms with Gasteiger partial charge in [-0.3, -0.25) is 20.2 Å². The van der Waals surface area contributed by atoms with E-state index in [2.05, 4.69) is 10.2 Å². The summed E-state index contributed by atoms with van der Waals surface area (Å²) in [6.07, 6.45) is 0. The van der Waals surface area contributed by atoms with Crippen LogP contribution in [0.3, 0.4) is 0 Å². The average Bonchev–Trinajstić information content (AvgIpc) is 2.46. The van der Waals surface area contributed by atoms with Gasteiger partial charge >= 0.3 is 5.69 Å². The fourth-order valence-electron chi connectivity index (χ4n) is 1.51. The Hall–Kier alpha value is -3.36. The van der Waals surface area contributed by atoms with Crippen LogP contribution in [0.5, 0.6) is 5.75 Å². The molecular weight excluding hydrogens is 280 g/mol. The van der Waals surface area contributed by atoms with Crippen molar-refractivity contribution in [1.29, 1.82) is 0 Å². The Morgan fingerprint density at radius 3 is 2.19 bits per heavy atom. The average molecular weight is 288 g/mol. The summed E-state index contributed by atoms with van der Waals surface area (Å²) in [6, 6.07) is 9.07. The molecule has 21 heavy (non-hydrogen) atoms. The van der Waals surface area contributed by atoms with Crippen LogP contribution in [0.4, 0.5) is 22.7 Å². The number of hydrogen-bond acceptors (Lipinski definition) is 7. The number of rotatable bonds is 4. The van der Waals surface area contributed by atoms with E-state index in [0.29, 0.717) is 0 Å². The molecule has 2 aromatic carbocycles. The Morgan fingerprint density at radius 2 is 1.57 bits per heavy atom. The number of azo groups is 1. The molecule has 0 bridgehead atoms. The number of para-hydroxylation sites is 1. The normalized spacial score (nSPS) is 10.7. The highest BCUT2D eigenvalue weighted by Gasteiger charge is 2.19. The van der Waals surface area contributed by atoms with E-state index in [-0.39, 0.29) is 17.1 Å². The lowest BCUT2D eigenvalue weighted by molar-refractivity contribution is -0.393. The molecule has 0 aliphatic carbocycles. The fraction of sp³-hybridized carbons (Fsp3) is 0. The monoisotopic (exact) mass is 288 g/mol. The lowest BCUT2D eigenvalue weighted by Crippen LogP contribution is -1.92. The van der Waals surface area contributed by atoms with E-state index < -0.39 is 21.2 Å². The van der Waals surface area contributed by atoms with Crippen molar-refractivity contribution in [1.82, 2.24) is 0 Å². The van der Waals surface area contributed by atoms with Crippen LogP contribution < -0.4 is 0 Å². The Kier molecular flexibility index (Phi) is 3.84. The molecule has 0 unspecified atom stereocenters.